The molecule has 1 aliphatic rings. The fourth-order valence-corrected chi connectivity index (χ4v) is 4.00. The first-order valence-corrected chi connectivity index (χ1v) is 11.0. The normalized spacial score (nSPS) is 17.8. The number of ether oxygens (including phenoxy) is 1. The monoisotopic (exact) mass is 422 g/mol. The summed E-state index contributed by atoms with van der Waals surface area (Å²) in [6.45, 7) is 13.6. The smallest absolute Gasteiger partial charge is 0.254 e. The lowest BCUT2D eigenvalue weighted by Crippen LogP contribution is -2.43. The molecule has 0 saturated heterocycles. The van der Waals surface area contributed by atoms with Crippen LogP contribution < -0.4 is 14.5 Å². The first-order chi connectivity index (χ1) is 14.9. The fourth-order valence-electron chi connectivity index (χ4n) is 4.00. The predicted octanol–water partition coefficient (Wildman–Crippen LogP) is 4.74. The summed E-state index contributed by atoms with van der Waals surface area (Å²) >= 11 is 0. The number of rotatable bonds is 7. The second-order valence-corrected chi connectivity index (χ2v) is 7.71. The highest BCUT2D eigenvalue weighted by Gasteiger charge is 2.39. The van der Waals surface area contributed by atoms with Gasteiger partial charge in [0.25, 0.3) is 5.79 Å². The van der Waals surface area contributed by atoms with Gasteiger partial charge in [0.2, 0.25) is 5.89 Å². The summed E-state index contributed by atoms with van der Waals surface area (Å²) in [7, 11) is 0. The van der Waals surface area contributed by atoms with E-state index in [4.69, 9.17) is 9.15 Å². The van der Waals surface area contributed by atoms with Crippen LogP contribution in [-0.2, 0) is 0 Å². The molecule has 2 heterocycles. The molecule has 1 atom stereocenters. The first kappa shape index (κ1) is 21.2. The molecule has 0 radical (unpaired) electrons. The highest BCUT2D eigenvalue weighted by molar-refractivity contribution is 6.06. The summed E-state index contributed by atoms with van der Waals surface area (Å²) in [6, 6.07) is 11.8. The average molecular weight is 423 g/mol. The third-order valence-electron chi connectivity index (χ3n) is 5.76. The predicted molar refractivity (Wildman–Crippen MR) is 125 cm³/mol. The zero-order valence-corrected chi connectivity index (χ0v) is 18.8. The Hall–Kier alpha value is -3.06. The lowest BCUT2D eigenvalue weighted by Gasteiger charge is -2.30. The molecule has 1 aromatic heterocycles. The standard InChI is InChI=1S/C24H30N4O3/c1-6-27(7-2)16-10-12-18-20(14-16)30-23(26-18)22-24(5,29)31-21-15-17(28(8-3)9-4)11-13-19(21)25-22/h10-15,29H,6-9H2,1-5H3. The molecule has 164 valence electrons. The number of hydrogen-bond donors (Lipinski definition) is 1. The number of oxazole rings is 1. The van der Waals surface area contributed by atoms with E-state index in [2.05, 4.69) is 47.5 Å². The zero-order valence-electron chi connectivity index (χ0n) is 18.8. The Morgan fingerprint density at radius 1 is 0.903 bits per heavy atom. The van der Waals surface area contributed by atoms with Crippen molar-refractivity contribution in [3.63, 3.8) is 0 Å². The molecule has 31 heavy (non-hydrogen) atoms. The Morgan fingerprint density at radius 3 is 2.16 bits per heavy atom. The minimum absolute atomic E-state index is 0.259. The van der Waals surface area contributed by atoms with Crippen molar-refractivity contribution in [2.75, 3.05) is 36.0 Å². The van der Waals surface area contributed by atoms with Gasteiger partial charge in [-0.3, -0.25) is 0 Å². The number of nitrogens with zero attached hydrogens (tertiary/aromatic N) is 4. The van der Waals surface area contributed by atoms with Crippen molar-refractivity contribution >= 4 is 33.9 Å². The minimum atomic E-state index is -1.66. The SMILES string of the molecule is CCN(CC)c1ccc2c(c1)OC(C)(O)C(c1nc3ccc(N(CC)CC)cc3o1)=N2. The van der Waals surface area contributed by atoms with Gasteiger partial charge in [0, 0.05) is 56.6 Å². The Labute approximate surface area is 183 Å². The number of fused-ring (bicyclic) bond motifs is 2. The molecule has 2 aromatic carbocycles. The van der Waals surface area contributed by atoms with Crippen LogP contribution >= 0.6 is 0 Å². The van der Waals surface area contributed by atoms with Gasteiger partial charge < -0.3 is 24.1 Å². The number of aliphatic imine (C=N–C) groups is 1. The van der Waals surface area contributed by atoms with E-state index in [0.717, 1.165) is 37.6 Å². The average Bonchev–Trinajstić information content (AvgIpc) is 3.17. The molecular weight excluding hydrogens is 392 g/mol. The summed E-state index contributed by atoms with van der Waals surface area (Å²) < 4.78 is 12.0. The lowest BCUT2D eigenvalue weighted by atomic mass is 10.1. The Bertz CT molecular complexity index is 1110. The molecule has 0 aliphatic carbocycles. The Balaban J connectivity index is 1.74. The van der Waals surface area contributed by atoms with Gasteiger partial charge in [0.05, 0.1) is 0 Å². The largest absolute Gasteiger partial charge is 0.454 e. The van der Waals surface area contributed by atoms with Crippen LogP contribution in [0.3, 0.4) is 0 Å². The van der Waals surface area contributed by atoms with Crippen molar-refractivity contribution in [2.45, 2.75) is 40.4 Å². The maximum absolute atomic E-state index is 11.0. The van der Waals surface area contributed by atoms with Crippen LogP contribution in [-0.4, -0.2) is 47.8 Å². The van der Waals surface area contributed by atoms with Crippen molar-refractivity contribution in [3.05, 3.63) is 42.3 Å². The zero-order chi connectivity index (χ0) is 22.2. The van der Waals surface area contributed by atoms with E-state index in [0.29, 0.717) is 22.5 Å². The maximum atomic E-state index is 11.0. The number of aromatic nitrogens is 1. The third kappa shape index (κ3) is 3.85. The van der Waals surface area contributed by atoms with E-state index >= 15 is 0 Å². The molecule has 0 spiro atoms. The summed E-state index contributed by atoms with van der Waals surface area (Å²) in [4.78, 5) is 13.7. The lowest BCUT2D eigenvalue weighted by molar-refractivity contribution is -0.0609. The van der Waals surface area contributed by atoms with Crippen LogP contribution in [0, 0.1) is 0 Å². The molecule has 4 rings (SSSR count). The van der Waals surface area contributed by atoms with Crippen molar-refractivity contribution < 1.29 is 14.3 Å². The highest BCUT2D eigenvalue weighted by atomic mass is 16.6. The Morgan fingerprint density at radius 2 is 1.52 bits per heavy atom. The third-order valence-corrected chi connectivity index (χ3v) is 5.76. The molecule has 7 nitrogen and oxygen atoms in total. The number of hydrogen-bond acceptors (Lipinski definition) is 7. The van der Waals surface area contributed by atoms with E-state index in [1.165, 1.54) is 0 Å². The number of benzene rings is 2. The van der Waals surface area contributed by atoms with E-state index in [9.17, 15) is 5.11 Å². The van der Waals surface area contributed by atoms with Crippen molar-refractivity contribution in [3.8, 4) is 5.75 Å². The molecule has 3 aromatic rings. The van der Waals surface area contributed by atoms with E-state index in [-0.39, 0.29) is 11.6 Å². The first-order valence-electron chi connectivity index (χ1n) is 11.0. The van der Waals surface area contributed by atoms with Gasteiger partial charge in [-0.05, 0) is 52.0 Å². The second kappa shape index (κ2) is 8.23. The van der Waals surface area contributed by atoms with Gasteiger partial charge in [0.1, 0.15) is 11.2 Å². The molecule has 1 N–H and O–H groups in total. The molecule has 1 aliphatic heterocycles. The van der Waals surface area contributed by atoms with Gasteiger partial charge in [-0.15, -0.1) is 0 Å². The van der Waals surface area contributed by atoms with Crippen molar-refractivity contribution in [1.29, 1.82) is 0 Å². The molecule has 0 saturated carbocycles. The molecule has 1 unspecified atom stereocenters. The summed E-state index contributed by atoms with van der Waals surface area (Å²) in [5, 5.41) is 11.0. The van der Waals surface area contributed by atoms with Crippen LogP contribution in [0.25, 0.3) is 11.1 Å². The Kier molecular flexibility index (Phi) is 5.62. The highest BCUT2D eigenvalue weighted by Crippen LogP contribution is 2.40. The topological polar surface area (TPSA) is 74.3 Å². The molecule has 0 bridgehead atoms. The number of aliphatic hydroxyl groups is 1. The molecular formula is C24H30N4O3. The molecule has 0 fully saturated rings. The molecule has 7 heteroatoms. The van der Waals surface area contributed by atoms with Crippen LogP contribution in [0.2, 0.25) is 0 Å². The summed E-state index contributed by atoms with van der Waals surface area (Å²) in [6.07, 6.45) is 0. The van der Waals surface area contributed by atoms with E-state index in [1.54, 1.807) is 6.92 Å². The second-order valence-electron chi connectivity index (χ2n) is 7.71. The van der Waals surface area contributed by atoms with E-state index < -0.39 is 5.79 Å². The van der Waals surface area contributed by atoms with E-state index in [1.807, 2.05) is 36.4 Å². The van der Waals surface area contributed by atoms with Gasteiger partial charge in [-0.2, -0.15) is 0 Å². The van der Waals surface area contributed by atoms with Crippen LogP contribution in [0.4, 0.5) is 17.1 Å². The van der Waals surface area contributed by atoms with Crippen LogP contribution in [0.15, 0.2) is 45.8 Å². The van der Waals surface area contributed by atoms with Crippen LogP contribution in [0.1, 0.15) is 40.5 Å². The number of anilines is 2. The van der Waals surface area contributed by atoms with Gasteiger partial charge >= 0.3 is 0 Å². The quantitative estimate of drug-likeness (QED) is 0.593. The maximum Gasteiger partial charge on any atom is 0.254 e. The van der Waals surface area contributed by atoms with Crippen molar-refractivity contribution in [1.82, 2.24) is 4.98 Å². The summed E-state index contributed by atoms with van der Waals surface area (Å²) in [5.41, 5.74) is 4.37. The summed E-state index contributed by atoms with van der Waals surface area (Å²) in [5.74, 6) is -0.856. The molecule has 0 amide bonds. The minimum Gasteiger partial charge on any atom is -0.454 e. The van der Waals surface area contributed by atoms with Gasteiger partial charge in [0.15, 0.2) is 17.0 Å². The van der Waals surface area contributed by atoms with Crippen molar-refractivity contribution in [2.24, 2.45) is 4.99 Å². The van der Waals surface area contributed by atoms with Gasteiger partial charge in [-0.1, -0.05) is 0 Å². The van der Waals surface area contributed by atoms with Crippen LogP contribution in [0.5, 0.6) is 5.75 Å². The fraction of sp³-hybridized carbons (Fsp3) is 0.417. The van der Waals surface area contributed by atoms with Gasteiger partial charge in [-0.25, -0.2) is 9.98 Å².